The van der Waals surface area contributed by atoms with Crippen molar-refractivity contribution in [2.24, 2.45) is 0 Å². The van der Waals surface area contributed by atoms with Gasteiger partial charge in [-0.3, -0.25) is 0 Å². The Morgan fingerprint density at radius 2 is 1.65 bits per heavy atom. The smallest absolute Gasteiger partial charge is 0.0406 e. The van der Waals surface area contributed by atoms with Gasteiger partial charge in [0.05, 0.1) is 0 Å². The molecule has 1 saturated carbocycles. The Morgan fingerprint density at radius 1 is 1.00 bits per heavy atom. The third kappa shape index (κ3) is 3.13. The lowest BCUT2D eigenvalue weighted by molar-refractivity contribution is 0.374. The molecule has 3 heteroatoms. The highest BCUT2D eigenvalue weighted by molar-refractivity contribution is 7.98. The van der Waals surface area contributed by atoms with Crippen LogP contribution in [0.25, 0.3) is 0 Å². The first-order valence-corrected chi connectivity index (χ1v) is 8.51. The molecule has 0 atom stereocenters. The van der Waals surface area contributed by atoms with Crippen LogP contribution in [0.3, 0.4) is 0 Å². The molecule has 0 aliphatic heterocycles. The molecular formula is C17H18ClNS. The Balaban J connectivity index is 1.53. The second-order valence-electron chi connectivity index (χ2n) is 5.29. The molecule has 0 radical (unpaired) electrons. The van der Waals surface area contributed by atoms with E-state index in [4.69, 9.17) is 11.6 Å². The molecule has 0 spiro atoms. The first kappa shape index (κ1) is 13.8. The van der Waals surface area contributed by atoms with E-state index in [1.54, 1.807) is 11.8 Å². The molecule has 1 N–H and O–H groups in total. The molecule has 1 nitrogen and oxygen atoms in total. The molecule has 0 bridgehead atoms. The van der Waals surface area contributed by atoms with Crippen LogP contribution in [0.5, 0.6) is 0 Å². The molecule has 20 heavy (non-hydrogen) atoms. The largest absolute Gasteiger partial charge is 0.382 e. The van der Waals surface area contributed by atoms with Gasteiger partial charge in [0.25, 0.3) is 0 Å². The van der Waals surface area contributed by atoms with E-state index < -0.39 is 0 Å². The highest BCUT2D eigenvalue weighted by atomic mass is 35.5. The Kier molecular flexibility index (Phi) is 4.23. The average molecular weight is 304 g/mol. The molecule has 2 aromatic carbocycles. The van der Waals surface area contributed by atoms with Crippen LogP contribution in [-0.4, -0.2) is 12.3 Å². The molecule has 1 aliphatic rings. The van der Waals surface area contributed by atoms with Crippen LogP contribution in [-0.2, 0) is 0 Å². The van der Waals surface area contributed by atoms with E-state index in [9.17, 15) is 0 Å². The van der Waals surface area contributed by atoms with Crippen LogP contribution in [0, 0.1) is 0 Å². The van der Waals surface area contributed by atoms with Gasteiger partial charge in [-0.2, -0.15) is 0 Å². The Labute approximate surface area is 129 Å². The number of benzene rings is 2. The predicted molar refractivity (Wildman–Crippen MR) is 89.1 cm³/mol. The molecule has 0 amide bonds. The van der Waals surface area contributed by atoms with Gasteiger partial charge in [0.15, 0.2) is 0 Å². The molecule has 2 aromatic rings. The highest BCUT2D eigenvalue weighted by Gasteiger charge is 2.29. The third-order valence-electron chi connectivity index (χ3n) is 3.94. The molecule has 3 rings (SSSR count). The first-order valence-electron chi connectivity index (χ1n) is 6.90. The summed E-state index contributed by atoms with van der Waals surface area (Å²) < 4.78 is 0. The van der Waals surface area contributed by atoms with E-state index >= 15 is 0 Å². The van der Waals surface area contributed by atoms with Crippen molar-refractivity contribution in [3.05, 3.63) is 59.1 Å². The first-order chi connectivity index (χ1) is 9.74. The van der Waals surface area contributed by atoms with Crippen LogP contribution >= 0.6 is 23.4 Å². The summed E-state index contributed by atoms with van der Waals surface area (Å²) in [6.45, 7) is 0. The summed E-state index contributed by atoms with van der Waals surface area (Å²) >= 11 is 7.70. The Bertz CT molecular complexity index is 559. The van der Waals surface area contributed by atoms with Crippen molar-refractivity contribution in [3.8, 4) is 0 Å². The van der Waals surface area contributed by atoms with Crippen molar-refractivity contribution in [2.45, 2.75) is 29.7 Å². The topological polar surface area (TPSA) is 12.0 Å². The number of halogens is 1. The van der Waals surface area contributed by atoms with E-state index in [1.807, 2.05) is 12.1 Å². The molecule has 0 unspecified atom stereocenters. The van der Waals surface area contributed by atoms with Crippen molar-refractivity contribution < 1.29 is 0 Å². The maximum absolute atomic E-state index is 5.92. The Hall–Kier alpha value is -1.12. The normalized spacial score (nSPS) is 21.3. The Morgan fingerprint density at radius 3 is 2.25 bits per heavy atom. The number of nitrogens with one attached hydrogen (secondary N) is 1. The summed E-state index contributed by atoms with van der Waals surface area (Å²) in [5, 5.41) is 4.42. The van der Waals surface area contributed by atoms with Crippen LogP contribution < -0.4 is 5.32 Å². The van der Waals surface area contributed by atoms with Crippen molar-refractivity contribution in [2.75, 3.05) is 11.6 Å². The summed E-state index contributed by atoms with van der Waals surface area (Å²) in [6.07, 6.45) is 4.50. The van der Waals surface area contributed by atoms with Crippen molar-refractivity contribution in [1.29, 1.82) is 0 Å². The van der Waals surface area contributed by atoms with E-state index in [0.29, 0.717) is 12.0 Å². The van der Waals surface area contributed by atoms with Crippen LogP contribution in [0.4, 0.5) is 5.69 Å². The predicted octanol–water partition coefficient (Wildman–Crippen LogP) is 5.42. The van der Waals surface area contributed by atoms with Gasteiger partial charge in [0.1, 0.15) is 0 Å². The van der Waals surface area contributed by atoms with Crippen molar-refractivity contribution >= 4 is 29.1 Å². The van der Waals surface area contributed by atoms with Gasteiger partial charge >= 0.3 is 0 Å². The van der Waals surface area contributed by atoms with Crippen LogP contribution in [0.15, 0.2) is 53.4 Å². The number of hydrogen-bond acceptors (Lipinski definition) is 2. The molecule has 104 valence electrons. The van der Waals surface area contributed by atoms with E-state index in [-0.39, 0.29) is 0 Å². The second-order valence-corrected chi connectivity index (χ2v) is 6.61. The summed E-state index contributed by atoms with van der Waals surface area (Å²) in [5.41, 5.74) is 2.63. The molecule has 0 heterocycles. The van der Waals surface area contributed by atoms with Gasteiger partial charge in [-0.1, -0.05) is 23.7 Å². The zero-order valence-corrected chi connectivity index (χ0v) is 13.0. The molecular weight excluding hydrogens is 286 g/mol. The number of anilines is 1. The van der Waals surface area contributed by atoms with Gasteiger partial charge in [0.2, 0.25) is 0 Å². The van der Waals surface area contributed by atoms with Crippen molar-refractivity contribution in [1.82, 2.24) is 0 Å². The lowest BCUT2D eigenvalue weighted by Gasteiger charge is -2.37. The minimum absolute atomic E-state index is 0.593. The lowest BCUT2D eigenvalue weighted by atomic mass is 9.76. The minimum Gasteiger partial charge on any atom is -0.382 e. The molecule has 0 aromatic heterocycles. The quantitative estimate of drug-likeness (QED) is 0.757. The molecule has 1 aliphatic carbocycles. The van der Waals surface area contributed by atoms with Crippen molar-refractivity contribution in [3.63, 3.8) is 0 Å². The third-order valence-corrected chi connectivity index (χ3v) is 4.94. The van der Waals surface area contributed by atoms with Crippen LogP contribution in [0.1, 0.15) is 24.3 Å². The fourth-order valence-corrected chi connectivity index (χ4v) is 3.20. The maximum atomic E-state index is 5.92. The SMILES string of the molecule is CSc1ccc(NC2CC(c3ccc(Cl)cc3)C2)cc1. The zero-order chi connectivity index (χ0) is 13.9. The lowest BCUT2D eigenvalue weighted by Crippen LogP contribution is -2.33. The van der Waals surface area contributed by atoms with Gasteiger partial charge in [-0.25, -0.2) is 0 Å². The summed E-state index contributed by atoms with van der Waals surface area (Å²) in [4.78, 5) is 1.31. The van der Waals surface area contributed by atoms with Gasteiger partial charge in [-0.05, 0) is 67.0 Å². The number of thioether (sulfide) groups is 1. The van der Waals surface area contributed by atoms with Gasteiger partial charge in [0, 0.05) is 21.6 Å². The monoisotopic (exact) mass is 303 g/mol. The average Bonchev–Trinajstić information content (AvgIpc) is 2.44. The number of hydrogen-bond donors (Lipinski definition) is 1. The van der Waals surface area contributed by atoms with Crippen LogP contribution in [0.2, 0.25) is 5.02 Å². The fourth-order valence-electron chi connectivity index (χ4n) is 2.67. The standard InChI is InChI=1S/C17H18ClNS/c1-20-17-8-6-15(7-9-17)19-16-10-13(11-16)12-2-4-14(18)5-3-12/h2-9,13,16,19H,10-11H2,1H3. The summed E-state index contributed by atoms with van der Waals surface area (Å²) in [5.74, 6) is 0.676. The van der Waals surface area contributed by atoms with Gasteiger partial charge < -0.3 is 5.32 Å². The van der Waals surface area contributed by atoms with E-state index in [1.165, 1.54) is 29.0 Å². The highest BCUT2D eigenvalue weighted by Crippen LogP contribution is 2.38. The van der Waals surface area contributed by atoms with E-state index in [0.717, 1.165) is 5.02 Å². The zero-order valence-electron chi connectivity index (χ0n) is 11.5. The fraction of sp³-hybridized carbons (Fsp3) is 0.294. The second kappa shape index (κ2) is 6.11. The molecule has 1 fully saturated rings. The summed E-state index contributed by atoms with van der Waals surface area (Å²) in [7, 11) is 0. The minimum atomic E-state index is 0.593. The summed E-state index contributed by atoms with van der Waals surface area (Å²) in [6, 6.07) is 17.5. The van der Waals surface area contributed by atoms with E-state index in [2.05, 4.69) is 48.0 Å². The number of rotatable bonds is 4. The molecule has 0 saturated heterocycles. The van der Waals surface area contributed by atoms with Gasteiger partial charge in [-0.15, -0.1) is 11.8 Å². The maximum Gasteiger partial charge on any atom is 0.0406 e.